The van der Waals surface area contributed by atoms with Crippen LogP contribution in [0, 0.1) is 11.8 Å². The van der Waals surface area contributed by atoms with Crippen molar-refractivity contribution in [2.75, 3.05) is 6.61 Å². The molecule has 0 N–H and O–H groups in total. The van der Waals surface area contributed by atoms with Crippen LogP contribution in [-0.4, -0.2) is 31.1 Å². The summed E-state index contributed by atoms with van der Waals surface area (Å²) in [6.07, 6.45) is 1.08. The summed E-state index contributed by atoms with van der Waals surface area (Å²) in [4.78, 5) is 11.0. The quantitative estimate of drug-likeness (QED) is 0.559. The SMILES string of the molecule is C=CCO[C@H]1OC(C)[C@@H](OC(C)=O)C(C)[C@H]1C. The molecule has 1 aliphatic rings. The van der Waals surface area contributed by atoms with E-state index in [4.69, 9.17) is 14.2 Å². The summed E-state index contributed by atoms with van der Waals surface area (Å²) < 4.78 is 16.6. The highest BCUT2D eigenvalue weighted by Crippen LogP contribution is 2.33. The molecule has 17 heavy (non-hydrogen) atoms. The number of carbonyl (C=O) groups excluding carboxylic acids is 1. The Morgan fingerprint density at radius 3 is 2.53 bits per heavy atom. The zero-order valence-corrected chi connectivity index (χ0v) is 11.0. The van der Waals surface area contributed by atoms with Crippen LogP contribution in [0.1, 0.15) is 27.7 Å². The van der Waals surface area contributed by atoms with Gasteiger partial charge in [-0.15, -0.1) is 6.58 Å². The van der Waals surface area contributed by atoms with Gasteiger partial charge in [0.05, 0.1) is 12.7 Å². The number of carbonyl (C=O) groups is 1. The summed E-state index contributed by atoms with van der Waals surface area (Å²) in [6, 6.07) is 0. The van der Waals surface area contributed by atoms with Gasteiger partial charge >= 0.3 is 5.97 Å². The lowest BCUT2D eigenvalue weighted by Gasteiger charge is -2.42. The van der Waals surface area contributed by atoms with Crippen LogP contribution in [0.15, 0.2) is 12.7 Å². The third-order valence-electron chi connectivity index (χ3n) is 3.27. The van der Waals surface area contributed by atoms with Crippen LogP contribution in [0.5, 0.6) is 0 Å². The molecule has 0 radical (unpaired) electrons. The maximum atomic E-state index is 11.0. The summed E-state index contributed by atoms with van der Waals surface area (Å²) in [5, 5.41) is 0. The molecule has 2 unspecified atom stereocenters. The van der Waals surface area contributed by atoms with E-state index in [9.17, 15) is 4.79 Å². The molecule has 0 aromatic carbocycles. The van der Waals surface area contributed by atoms with Crippen molar-refractivity contribution in [1.82, 2.24) is 0 Å². The first-order chi connectivity index (χ1) is 7.97. The van der Waals surface area contributed by atoms with Gasteiger partial charge in [-0.1, -0.05) is 19.9 Å². The zero-order valence-electron chi connectivity index (χ0n) is 11.0. The Bertz CT molecular complexity index is 277. The van der Waals surface area contributed by atoms with E-state index in [0.717, 1.165) is 0 Å². The minimum Gasteiger partial charge on any atom is -0.460 e. The molecule has 4 heteroatoms. The van der Waals surface area contributed by atoms with Crippen molar-refractivity contribution in [3.63, 3.8) is 0 Å². The maximum absolute atomic E-state index is 11.0. The Balaban J connectivity index is 2.65. The van der Waals surface area contributed by atoms with Crippen LogP contribution in [0.2, 0.25) is 0 Å². The highest BCUT2D eigenvalue weighted by molar-refractivity contribution is 5.66. The summed E-state index contributed by atoms with van der Waals surface area (Å²) in [5.74, 6) is 0.114. The molecule has 1 fully saturated rings. The lowest BCUT2D eigenvalue weighted by molar-refractivity contribution is -0.259. The Morgan fingerprint density at radius 1 is 1.35 bits per heavy atom. The fraction of sp³-hybridized carbons (Fsp3) is 0.769. The molecule has 4 nitrogen and oxygen atoms in total. The van der Waals surface area contributed by atoms with Gasteiger partial charge < -0.3 is 14.2 Å². The van der Waals surface area contributed by atoms with Gasteiger partial charge in [0.15, 0.2) is 6.29 Å². The second-order valence-corrected chi connectivity index (χ2v) is 4.62. The van der Waals surface area contributed by atoms with E-state index in [2.05, 4.69) is 13.5 Å². The van der Waals surface area contributed by atoms with Crippen molar-refractivity contribution in [3.8, 4) is 0 Å². The highest BCUT2D eigenvalue weighted by atomic mass is 16.7. The first kappa shape index (κ1) is 14.2. The first-order valence-electron chi connectivity index (χ1n) is 6.02. The molecule has 1 aliphatic heterocycles. The van der Waals surface area contributed by atoms with Crippen LogP contribution in [0.25, 0.3) is 0 Å². The molecule has 1 saturated heterocycles. The monoisotopic (exact) mass is 242 g/mol. The molecule has 0 saturated carbocycles. The van der Waals surface area contributed by atoms with E-state index in [1.807, 2.05) is 13.8 Å². The zero-order chi connectivity index (χ0) is 13.0. The molecular formula is C13H22O4. The molecule has 5 atom stereocenters. The van der Waals surface area contributed by atoms with Crippen molar-refractivity contribution in [1.29, 1.82) is 0 Å². The Morgan fingerprint density at radius 2 is 2.00 bits per heavy atom. The molecule has 1 rings (SSSR count). The number of rotatable bonds is 4. The maximum Gasteiger partial charge on any atom is 0.303 e. The normalized spacial score (nSPS) is 37.5. The molecule has 0 aliphatic carbocycles. The number of esters is 1. The van der Waals surface area contributed by atoms with Gasteiger partial charge in [-0.3, -0.25) is 4.79 Å². The second kappa shape index (κ2) is 6.17. The van der Waals surface area contributed by atoms with Gasteiger partial charge in [-0.05, 0) is 6.92 Å². The van der Waals surface area contributed by atoms with Gasteiger partial charge in [0.25, 0.3) is 0 Å². The average molecular weight is 242 g/mol. The smallest absolute Gasteiger partial charge is 0.303 e. The Hall–Kier alpha value is -0.870. The molecule has 0 spiro atoms. The molecule has 0 bridgehead atoms. The van der Waals surface area contributed by atoms with E-state index < -0.39 is 0 Å². The predicted molar refractivity (Wildman–Crippen MR) is 64.4 cm³/mol. The Kier molecular flexibility index (Phi) is 5.15. The van der Waals surface area contributed by atoms with E-state index in [1.165, 1.54) is 6.92 Å². The second-order valence-electron chi connectivity index (χ2n) is 4.62. The summed E-state index contributed by atoms with van der Waals surface area (Å²) in [6.45, 7) is 11.5. The van der Waals surface area contributed by atoms with Gasteiger partial charge in [0.2, 0.25) is 0 Å². The molecule has 0 aromatic rings. The summed E-state index contributed by atoms with van der Waals surface area (Å²) in [7, 11) is 0. The van der Waals surface area contributed by atoms with Crippen molar-refractivity contribution in [2.45, 2.75) is 46.2 Å². The fourth-order valence-corrected chi connectivity index (χ4v) is 2.14. The standard InChI is InChI=1S/C13H22O4/c1-6-7-15-13-9(3)8(2)12(10(4)16-13)17-11(5)14/h6,8-10,12-13H,1,7H2,2-5H3/t8?,9-,10?,12+,13+/m1/s1. The number of hydrogen-bond acceptors (Lipinski definition) is 4. The van der Waals surface area contributed by atoms with Gasteiger partial charge in [0, 0.05) is 18.8 Å². The van der Waals surface area contributed by atoms with Crippen molar-refractivity contribution in [3.05, 3.63) is 12.7 Å². The van der Waals surface area contributed by atoms with Crippen molar-refractivity contribution in [2.24, 2.45) is 11.8 Å². The number of ether oxygens (including phenoxy) is 3. The molecule has 0 amide bonds. The van der Waals surface area contributed by atoms with Crippen LogP contribution < -0.4 is 0 Å². The molecule has 1 heterocycles. The van der Waals surface area contributed by atoms with Crippen molar-refractivity contribution >= 4 is 5.97 Å². The first-order valence-corrected chi connectivity index (χ1v) is 6.02. The fourth-order valence-electron chi connectivity index (χ4n) is 2.14. The van der Waals surface area contributed by atoms with Gasteiger partial charge in [0.1, 0.15) is 6.10 Å². The van der Waals surface area contributed by atoms with Crippen LogP contribution in [-0.2, 0) is 19.0 Å². The molecule has 0 aromatic heterocycles. The summed E-state index contributed by atoms with van der Waals surface area (Å²) >= 11 is 0. The lowest BCUT2D eigenvalue weighted by atomic mass is 9.85. The van der Waals surface area contributed by atoms with Gasteiger partial charge in [-0.25, -0.2) is 0 Å². The van der Waals surface area contributed by atoms with E-state index in [1.54, 1.807) is 6.08 Å². The molecule has 98 valence electrons. The average Bonchev–Trinajstić information content (AvgIpc) is 2.27. The molecular weight excluding hydrogens is 220 g/mol. The van der Waals surface area contributed by atoms with E-state index in [0.29, 0.717) is 6.61 Å². The largest absolute Gasteiger partial charge is 0.460 e. The van der Waals surface area contributed by atoms with Gasteiger partial charge in [-0.2, -0.15) is 0 Å². The van der Waals surface area contributed by atoms with Crippen LogP contribution in [0.3, 0.4) is 0 Å². The third kappa shape index (κ3) is 3.54. The predicted octanol–water partition coefficient (Wildman–Crippen LogP) is 2.14. The minimum absolute atomic E-state index is 0.153. The number of hydrogen-bond donors (Lipinski definition) is 0. The Labute approximate surface area is 103 Å². The van der Waals surface area contributed by atoms with Crippen LogP contribution >= 0.6 is 0 Å². The van der Waals surface area contributed by atoms with Crippen molar-refractivity contribution < 1.29 is 19.0 Å². The highest BCUT2D eigenvalue weighted by Gasteiger charge is 2.41. The topological polar surface area (TPSA) is 44.8 Å². The minimum atomic E-state index is -0.269. The third-order valence-corrected chi connectivity index (χ3v) is 3.27. The summed E-state index contributed by atoms with van der Waals surface area (Å²) in [5.41, 5.74) is 0. The van der Waals surface area contributed by atoms with Crippen LogP contribution in [0.4, 0.5) is 0 Å². The lowest BCUT2D eigenvalue weighted by Crippen LogP contribution is -2.50. The van der Waals surface area contributed by atoms with E-state index in [-0.39, 0.29) is 36.3 Å². The van der Waals surface area contributed by atoms with E-state index >= 15 is 0 Å².